The van der Waals surface area contributed by atoms with Gasteiger partial charge in [0.25, 0.3) is 0 Å². The normalized spacial score (nSPS) is 11.2. The van der Waals surface area contributed by atoms with E-state index >= 15 is 0 Å². The van der Waals surface area contributed by atoms with Gasteiger partial charge in [-0.1, -0.05) is 18.2 Å². The van der Waals surface area contributed by atoms with Crippen LogP contribution in [-0.4, -0.2) is 37.9 Å². The predicted octanol–water partition coefficient (Wildman–Crippen LogP) is 3.03. The Morgan fingerprint density at radius 1 is 1.14 bits per heavy atom. The molecule has 0 spiro atoms. The van der Waals surface area contributed by atoms with Gasteiger partial charge in [-0.2, -0.15) is 5.10 Å². The first kappa shape index (κ1) is 19.6. The molecule has 2 aromatic carbocycles. The largest absolute Gasteiger partial charge is 0.497 e. The fourth-order valence-electron chi connectivity index (χ4n) is 2.55. The number of ether oxygens (including phenoxy) is 2. The van der Waals surface area contributed by atoms with Gasteiger partial charge in [0.15, 0.2) is 10.7 Å². The van der Waals surface area contributed by atoms with Crippen molar-refractivity contribution in [3.63, 3.8) is 0 Å². The molecule has 0 N–H and O–H groups in total. The van der Waals surface area contributed by atoms with Crippen molar-refractivity contribution in [3.05, 3.63) is 66.1 Å². The SMILES string of the molecule is CCOC(=O)c1cc(S(=O)(=O)c2cccc(OC)c2)n(-c2ccccc2F)n1. The van der Waals surface area contributed by atoms with Crippen LogP contribution < -0.4 is 4.74 Å². The summed E-state index contributed by atoms with van der Waals surface area (Å²) in [6.45, 7) is 1.70. The predicted molar refractivity (Wildman–Crippen MR) is 97.9 cm³/mol. The number of sulfone groups is 1. The molecule has 0 saturated carbocycles. The van der Waals surface area contributed by atoms with Crippen LogP contribution in [0.3, 0.4) is 0 Å². The molecule has 146 valence electrons. The summed E-state index contributed by atoms with van der Waals surface area (Å²) in [4.78, 5) is 12.0. The number of esters is 1. The van der Waals surface area contributed by atoms with Gasteiger partial charge in [-0.15, -0.1) is 0 Å². The average molecular weight is 404 g/mol. The molecule has 0 unspecified atom stereocenters. The lowest BCUT2D eigenvalue weighted by Gasteiger charge is -2.10. The number of benzene rings is 2. The standard InChI is InChI=1S/C19H17FN2O5S/c1-3-27-19(23)16-12-18(22(21-16)17-10-5-4-9-15(17)20)28(24,25)14-8-6-7-13(11-14)26-2/h4-12H,3H2,1-2H3. The maximum Gasteiger partial charge on any atom is 0.358 e. The van der Waals surface area contributed by atoms with Crippen molar-refractivity contribution < 1.29 is 27.1 Å². The van der Waals surface area contributed by atoms with Crippen LogP contribution in [0.4, 0.5) is 4.39 Å². The monoisotopic (exact) mass is 404 g/mol. The Morgan fingerprint density at radius 2 is 1.89 bits per heavy atom. The summed E-state index contributed by atoms with van der Waals surface area (Å²) in [7, 11) is -2.74. The number of halogens is 1. The lowest BCUT2D eigenvalue weighted by Crippen LogP contribution is -2.11. The maximum atomic E-state index is 14.3. The topological polar surface area (TPSA) is 87.5 Å². The third kappa shape index (κ3) is 3.61. The van der Waals surface area contributed by atoms with Gasteiger partial charge in [-0.3, -0.25) is 0 Å². The van der Waals surface area contributed by atoms with E-state index in [0.29, 0.717) is 5.75 Å². The lowest BCUT2D eigenvalue weighted by molar-refractivity contribution is 0.0519. The third-order valence-electron chi connectivity index (χ3n) is 3.87. The molecular weight excluding hydrogens is 387 g/mol. The summed E-state index contributed by atoms with van der Waals surface area (Å²) in [6.07, 6.45) is 0. The molecule has 1 heterocycles. The molecule has 28 heavy (non-hydrogen) atoms. The van der Waals surface area contributed by atoms with Gasteiger partial charge < -0.3 is 9.47 Å². The molecule has 0 aliphatic carbocycles. The first-order chi connectivity index (χ1) is 13.4. The van der Waals surface area contributed by atoms with Crippen LogP contribution in [0.25, 0.3) is 5.69 Å². The molecule has 0 fully saturated rings. The van der Waals surface area contributed by atoms with Crippen molar-refractivity contribution >= 4 is 15.8 Å². The molecule has 0 aliphatic heterocycles. The Hall–Kier alpha value is -3.20. The summed E-state index contributed by atoms with van der Waals surface area (Å²) in [5, 5.41) is 3.62. The Labute approximate surface area is 161 Å². The van der Waals surface area contributed by atoms with Crippen molar-refractivity contribution in [1.29, 1.82) is 0 Å². The highest BCUT2D eigenvalue weighted by atomic mass is 32.2. The molecular formula is C19H17FN2O5S. The highest BCUT2D eigenvalue weighted by Gasteiger charge is 2.28. The fourth-order valence-corrected chi connectivity index (χ4v) is 3.95. The first-order valence-corrected chi connectivity index (χ1v) is 9.78. The van der Waals surface area contributed by atoms with Crippen LogP contribution in [0.5, 0.6) is 5.75 Å². The Morgan fingerprint density at radius 3 is 2.57 bits per heavy atom. The minimum absolute atomic E-state index is 0.0836. The molecule has 1 aromatic heterocycles. The molecule has 0 bridgehead atoms. The summed E-state index contributed by atoms with van der Waals surface area (Å²) >= 11 is 0. The maximum absolute atomic E-state index is 14.3. The third-order valence-corrected chi connectivity index (χ3v) is 5.58. The van der Waals surface area contributed by atoms with Crippen molar-refractivity contribution in [1.82, 2.24) is 9.78 Å². The summed E-state index contributed by atoms with van der Waals surface area (Å²) in [6, 6.07) is 12.4. The number of aromatic nitrogens is 2. The van der Waals surface area contributed by atoms with Crippen molar-refractivity contribution in [3.8, 4) is 11.4 Å². The second-order valence-electron chi connectivity index (χ2n) is 5.63. The van der Waals surface area contributed by atoms with E-state index in [1.807, 2.05) is 0 Å². The van der Waals surface area contributed by atoms with E-state index in [1.165, 1.54) is 49.6 Å². The average Bonchev–Trinajstić information content (AvgIpc) is 3.15. The van der Waals surface area contributed by atoms with Crippen LogP contribution in [-0.2, 0) is 14.6 Å². The van der Waals surface area contributed by atoms with E-state index < -0.39 is 21.6 Å². The van der Waals surface area contributed by atoms with E-state index in [2.05, 4.69) is 5.10 Å². The van der Waals surface area contributed by atoms with E-state index in [0.717, 1.165) is 10.7 Å². The highest BCUT2D eigenvalue weighted by Crippen LogP contribution is 2.28. The molecule has 0 amide bonds. The first-order valence-electron chi connectivity index (χ1n) is 8.29. The van der Waals surface area contributed by atoms with Gasteiger partial charge in [0.1, 0.15) is 17.3 Å². The quantitative estimate of drug-likeness (QED) is 0.587. The van der Waals surface area contributed by atoms with Gasteiger partial charge in [0, 0.05) is 6.07 Å². The zero-order chi connectivity index (χ0) is 20.3. The van der Waals surface area contributed by atoms with Crippen LogP contribution in [0, 0.1) is 5.82 Å². The van der Waals surface area contributed by atoms with Crippen molar-refractivity contribution in [2.75, 3.05) is 13.7 Å². The molecule has 0 aliphatic rings. The van der Waals surface area contributed by atoms with E-state index in [-0.39, 0.29) is 27.9 Å². The van der Waals surface area contributed by atoms with Gasteiger partial charge in [0.05, 0.1) is 18.6 Å². The Bertz CT molecular complexity index is 1120. The molecule has 3 rings (SSSR count). The molecule has 9 heteroatoms. The van der Waals surface area contributed by atoms with Gasteiger partial charge in [-0.25, -0.2) is 22.3 Å². The van der Waals surface area contributed by atoms with Gasteiger partial charge in [-0.05, 0) is 37.3 Å². The van der Waals surface area contributed by atoms with E-state index in [4.69, 9.17) is 9.47 Å². The number of rotatable bonds is 6. The number of carbonyl (C=O) groups excluding carboxylic acids is 1. The number of para-hydroxylation sites is 1. The number of methoxy groups -OCH3 is 1. The molecule has 3 aromatic rings. The second-order valence-corrected chi connectivity index (χ2v) is 7.53. The number of hydrogen-bond acceptors (Lipinski definition) is 6. The van der Waals surface area contributed by atoms with E-state index in [9.17, 15) is 17.6 Å². The molecule has 0 saturated heterocycles. The Kier molecular flexibility index (Phi) is 5.46. The highest BCUT2D eigenvalue weighted by molar-refractivity contribution is 7.91. The lowest BCUT2D eigenvalue weighted by atomic mass is 10.3. The molecule has 7 nitrogen and oxygen atoms in total. The second kappa shape index (κ2) is 7.81. The Balaban J connectivity index is 2.23. The van der Waals surface area contributed by atoms with Gasteiger partial charge in [0.2, 0.25) is 9.84 Å². The zero-order valence-corrected chi connectivity index (χ0v) is 15.9. The zero-order valence-electron chi connectivity index (χ0n) is 15.1. The number of carbonyl (C=O) groups is 1. The minimum atomic E-state index is -4.15. The van der Waals surface area contributed by atoms with Crippen LogP contribution in [0.15, 0.2) is 64.5 Å². The van der Waals surface area contributed by atoms with Crippen molar-refractivity contribution in [2.45, 2.75) is 16.8 Å². The number of nitrogens with zero attached hydrogens (tertiary/aromatic N) is 2. The summed E-state index contributed by atoms with van der Waals surface area (Å²) in [5.41, 5.74) is -0.355. The minimum Gasteiger partial charge on any atom is -0.497 e. The summed E-state index contributed by atoms with van der Waals surface area (Å²) in [5.74, 6) is -1.16. The smallest absolute Gasteiger partial charge is 0.358 e. The summed E-state index contributed by atoms with van der Waals surface area (Å²) < 4.78 is 51.6. The van der Waals surface area contributed by atoms with Gasteiger partial charge >= 0.3 is 5.97 Å². The van der Waals surface area contributed by atoms with Crippen molar-refractivity contribution in [2.24, 2.45) is 0 Å². The van der Waals surface area contributed by atoms with E-state index in [1.54, 1.807) is 13.0 Å². The van der Waals surface area contributed by atoms with Crippen LogP contribution >= 0.6 is 0 Å². The molecule has 0 atom stereocenters. The van der Waals surface area contributed by atoms with Crippen LogP contribution in [0.1, 0.15) is 17.4 Å². The van der Waals surface area contributed by atoms with Crippen LogP contribution in [0.2, 0.25) is 0 Å². The number of hydrogen-bond donors (Lipinski definition) is 0. The molecule has 0 radical (unpaired) electrons. The fraction of sp³-hybridized carbons (Fsp3) is 0.158.